The lowest BCUT2D eigenvalue weighted by Crippen LogP contribution is -2.17. The maximum absolute atomic E-state index is 11.8. The minimum atomic E-state index is -0.387. The van der Waals surface area contributed by atoms with E-state index in [2.05, 4.69) is 5.32 Å². The van der Waals surface area contributed by atoms with Crippen molar-refractivity contribution in [2.45, 2.75) is 0 Å². The van der Waals surface area contributed by atoms with Crippen LogP contribution in [0.4, 0.5) is 4.79 Å². The van der Waals surface area contributed by atoms with Gasteiger partial charge >= 0.3 is 0 Å². The first kappa shape index (κ1) is 20.6. The standard InChI is InChI=1S/C24H19NO5S/c1-28-17-9-10-20(21(14-17)29-2)16-6-4-8-19(13-16)30-18-7-3-5-15(11-18)12-22-23(26)25-24(27)31-22/h3-14H,1-2H3,(H,25,26,27). The van der Waals surface area contributed by atoms with E-state index in [1.807, 2.05) is 66.7 Å². The molecule has 0 atom stereocenters. The van der Waals surface area contributed by atoms with Gasteiger partial charge in [-0.1, -0.05) is 24.3 Å². The van der Waals surface area contributed by atoms with Crippen LogP contribution in [0.3, 0.4) is 0 Å². The number of amides is 2. The van der Waals surface area contributed by atoms with Gasteiger partial charge in [0.1, 0.15) is 23.0 Å². The summed E-state index contributed by atoms with van der Waals surface area (Å²) in [6, 6.07) is 20.6. The smallest absolute Gasteiger partial charge is 0.290 e. The van der Waals surface area contributed by atoms with Gasteiger partial charge in [0.25, 0.3) is 11.1 Å². The van der Waals surface area contributed by atoms with E-state index in [1.165, 1.54) is 0 Å². The van der Waals surface area contributed by atoms with Crippen molar-refractivity contribution in [3.8, 4) is 34.1 Å². The summed E-state index contributed by atoms with van der Waals surface area (Å²) in [6.07, 6.45) is 1.66. The minimum absolute atomic E-state index is 0.357. The third-order valence-electron chi connectivity index (χ3n) is 4.59. The predicted molar refractivity (Wildman–Crippen MR) is 121 cm³/mol. The third kappa shape index (κ3) is 4.73. The highest BCUT2D eigenvalue weighted by atomic mass is 32.2. The van der Waals surface area contributed by atoms with Crippen LogP contribution in [-0.4, -0.2) is 25.4 Å². The van der Waals surface area contributed by atoms with E-state index < -0.39 is 0 Å². The Morgan fingerprint density at radius 3 is 2.32 bits per heavy atom. The third-order valence-corrected chi connectivity index (χ3v) is 5.40. The SMILES string of the molecule is COc1ccc(-c2cccc(Oc3cccc(C=C4SC(=O)NC4=O)c3)c2)c(OC)c1. The van der Waals surface area contributed by atoms with Crippen LogP contribution in [0.5, 0.6) is 23.0 Å². The molecule has 7 heteroatoms. The number of carbonyl (C=O) groups excluding carboxylic acids is 2. The highest BCUT2D eigenvalue weighted by molar-refractivity contribution is 8.18. The van der Waals surface area contributed by atoms with Crippen LogP contribution >= 0.6 is 11.8 Å². The number of nitrogens with one attached hydrogen (secondary N) is 1. The van der Waals surface area contributed by atoms with Crippen molar-refractivity contribution >= 4 is 29.0 Å². The summed E-state index contributed by atoms with van der Waals surface area (Å²) in [5, 5.41) is 1.88. The molecule has 0 saturated carbocycles. The Kier molecular flexibility index (Phi) is 5.95. The molecule has 0 aliphatic carbocycles. The molecule has 4 rings (SSSR count). The predicted octanol–water partition coefficient (Wildman–Crippen LogP) is 5.49. The molecule has 6 nitrogen and oxygen atoms in total. The van der Waals surface area contributed by atoms with Crippen LogP contribution in [0.15, 0.2) is 71.6 Å². The van der Waals surface area contributed by atoms with Gasteiger partial charge in [0.15, 0.2) is 0 Å². The first-order chi connectivity index (χ1) is 15.1. The van der Waals surface area contributed by atoms with E-state index in [-0.39, 0.29) is 11.1 Å². The second-order valence-corrected chi connectivity index (χ2v) is 7.64. The van der Waals surface area contributed by atoms with Gasteiger partial charge < -0.3 is 14.2 Å². The zero-order valence-corrected chi connectivity index (χ0v) is 17.7. The Labute approximate surface area is 183 Å². The van der Waals surface area contributed by atoms with E-state index in [9.17, 15) is 9.59 Å². The molecule has 0 unspecified atom stereocenters. The van der Waals surface area contributed by atoms with Crippen molar-refractivity contribution in [1.82, 2.24) is 5.32 Å². The van der Waals surface area contributed by atoms with Gasteiger partial charge in [0.2, 0.25) is 0 Å². The summed E-state index contributed by atoms with van der Waals surface area (Å²) in [6.45, 7) is 0. The maximum Gasteiger partial charge on any atom is 0.290 e. The fourth-order valence-corrected chi connectivity index (χ4v) is 3.82. The molecule has 1 N–H and O–H groups in total. The molecule has 2 amide bonds. The average molecular weight is 433 g/mol. The average Bonchev–Trinajstić information content (AvgIpc) is 3.10. The number of thioether (sulfide) groups is 1. The largest absolute Gasteiger partial charge is 0.497 e. The zero-order valence-electron chi connectivity index (χ0n) is 16.9. The Bertz CT molecular complexity index is 1190. The van der Waals surface area contributed by atoms with Crippen LogP contribution < -0.4 is 19.5 Å². The number of hydrogen-bond acceptors (Lipinski definition) is 6. The van der Waals surface area contributed by atoms with Crippen LogP contribution in [0.2, 0.25) is 0 Å². The second-order valence-electron chi connectivity index (χ2n) is 6.62. The molecule has 31 heavy (non-hydrogen) atoms. The quantitative estimate of drug-likeness (QED) is 0.519. The Morgan fingerprint density at radius 2 is 1.61 bits per heavy atom. The molecule has 3 aromatic rings. The van der Waals surface area contributed by atoms with Gasteiger partial charge in [-0.05, 0) is 65.4 Å². The monoisotopic (exact) mass is 433 g/mol. The van der Waals surface area contributed by atoms with E-state index >= 15 is 0 Å². The first-order valence-corrected chi connectivity index (χ1v) is 10.2. The number of carbonyl (C=O) groups is 2. The van der Waals surface area contributed by atoms with Gasteiger partial charge in [0, 0.05) is 11.6 Å². The lowest BCUT2D eigenvalue weighted by atomic mass is 10.0. The number of imide groups is 1. The molecule has 1 aliphatic rings. The van der Waals surface area contributed by atoms with Gasteiger partial charge in [-0.3, -0.25) is 14.9 Å². The number of ether oxygens (including phenoxy) is 3. The fraction of sp³-hybridized carbons (Fsp3) is 0.0833. The maximum atomic E-state index is 11.8. The van der Waals surface area contributed by atoms with Crippen LogP contribution in [0.25, 0.3) is 17.2 Å². The van der Waals surface area contributed by atoms with E-state index in [4.69, 9.17) is 14.2 Å². The molecule has 0 spiro atoms. The number of rotatable bonds is 6. The van der Waals surface area contributed by atoms with Crippen molar-refractivity contribution in [2.24, 2.45) is 0 Å². The lowest BCUT2D eigenvalue weighted by molar-refractivity contribution is -0.115. The van der Waals surface area contributed by atoms with Gasteiger partial charge in [-0.2, -0.15) is 0 Å². The second kappa shape index (κ2) is 8.97. The Morgan fingerprint density at radius 1 is 0.839 bits per heavy atom. The van der Waals surface area contributed by atoms with Gasteiger partial charge in [-0.15, -0.1) is 0 Å². The molecule has 1 aliphatic heterocycles. The lowest BCUT2D eigenvalue weighted by Gasteiger charge is -2.12. The van der Waals surface area contributed by atoms with Crippen molar-refractivity contribution in [2.75, 3.05) is 14.2 Å². The molecule has 1 fully saturated rings. The molecule has 0 bridgehead atoms. The topological polar surface area (TPSA) is 73.9 Å². The summed E-state index contributed by atoms with van der Waals surface area (Å²) < 4.78 is 16.8. The highest BCUT2D eigenvalue weighted by Gasteiger charge is 2.24. The molecule has 1 heterocycles. The minimum Gasteiger partial charge on any atom is -0.497 e. The number of benzene rings is 3. The molecule has 0 radical (unpaired) electrons. The van der Waals surface area contributed by atoms with Gasteiger partial charge in [-0.25, -0.2) is 0 Å². The van der Waals surface area contributed by atoms with Crippen molar-refractivity contribution in [3.05, 3.63) is 77.2 Å². The summed E-state index contributed by atoms with van der Waals surface area (Å²) in [7, 11) is 3.23. The zero-order chi connectivity index (χ0) is 21.8. The van der Waals surface area contributed by atoms with Crippen molar-refractivity contribution < 1.29 is 23.8 Å². The van der Waals surface area contributed by atoms with Crippen molar-refractivity contribution in [1.29, 1.82) is 0 Å². The molecule has 0 aromatic heterocycles. The van der Waals surface area contributed by atoms with Crippen LogP contribution in [0, 0.1) is 0 Å². The Hall–Kier alpha value is -3.71. The highest BCUT2D eigenvalue weighted by Crippen LogP contribution is 2.36. The van der Waals surface area contributed by atoms with Gasteiger partial charge in [0.05, 0.1) is 19.1 Å². The molecule has 3 aromatic carbocycles. The number of methoxy groups -OCH3 is 2. The van der Waals surface area contributed by atoms with Crippen molar-refractivity contribution in [3.63, 3.8) is 0 Å². The summed E-state index contributed by atoms with van der Waals surface area (Å²) >= 11 is 0.884. The van der Waals surface area contributed by atoms with E-state index in [1.54, 1.807) is 20.3 Å². The van der Waals surface area contributed by atoms with Crippen LogP contribution in [0.1, 0.15) is 5.56 Å². The summed E-state index contributed by atoms with van der Waals surface area (Å²) in [5.41, 5.74) is 2.62. The van der Waals surface area contributed by atoms with Crippen LogP contribution in [-0.2, 0) is 4.79 Å². The molecular weight excluding hydrogens is 414 g/mol. The Balaban J connectivity index is 1.58. The number of hydrogen-bond donors (Lipinski definition) is 1. The summed E-state index contributed by atoms with van der Waals surface area (Å²) in [4.78, 5) is 23.5. The molecular formula is C24H19NO5S. The summed E-state index contributed by atoms with van der Waals surface area (Å²) in [5.74, 6) is 2.30. The van der Waals surface area contributed by atoms with E-state index in [0.717, 1.165) is 34.2 Å². The molecule has 156 valence electrons. The fourth-order valence-electron chi connectivity index (χ4n) is 3.14. The molecule has 1 saturated heterocycles. The normalized spacial score (nSPS) is 14.5. The van der Waals surface area contributed by atoms with E-state index in [0.29, 0.717) is 22.2 Å². The first-order valence-electron chi connectivity index (χ1n) is 9.41.